The smallest absolute Gasteiger partial charge is 0.139 e. The van der Waals surface area contributed by atoms with Crippen molar-refractivity contribution in [2.75, 3.05) is 4.90 Å². The maximum absolute atomic E-state index is 3.94. The minimum atomic E-state index is 0.0720. The highest BCUT2D eigenvalue weighted by atomic mass is 32.2. The second kappa shape index (κ2) is 14.4. The maximum atomic E-state index is 3.94. The van der Waals surface area contributed by atoms with Crippen LogP contribution < -0.4 is 10.4 Å². The Bertz CT molecular complexity index is 3300. The van der Waals surface area contributed by atoms with E-state index in [1.165, 1.54) is 128 Å². The fourth-order valence-corrected chi connectivity index (χ4v) is 11.7. The zero-order chi connectivity index (χ0) is 42.5. The number of allylic oxidation sites excluding steroid dienone is 1. The lowest BCUT2D eigenvalue weighted by molar-refractivity contribution is 0.331. The lowest BCUT2D eigenvalue weighted by Gasteiger charge is -2.43. The second-order valence-corrected chi connectivity index (χ2v) is 20.2. The Morgan fingerprint density at radius 1 is 0.548 bits per heavy atom. The molecule has 4 heteroatoms. The minimum Gasteiger partial charge on any atom is -0.354 e. The van der Waals surface area contributed by atoms with Gasteiger partial charge in [-0.2, -0.15) is 0 Å². The molecule has 2 nitrogen and oxygen atoms in total. The number of para-hydroxylation sites is 1. The summed E-state index contributed by atoms with van der Waals surface area (Å²) < 4.78 is 0. The van der Waals surface area contributed by atoms with Gasteiger partial charge in [-0.25, -0.2) is 0 Å². The first kappa shape index (κ1) is 38.7. The van der Waals surface area contributed by atoms with Crippen molar-refractivity contribution in [3.63, 3.8) is 0 Å². The molecule has 0 bridgehead atoms. The van der Waals surface area contributed by atoms with Crippen LogP contribution in [-0.2, 0) is 10.8 Å². The summed E-state index contributed by atoms with van der Waals surface area (Å²) >= 11 is 1.93. The number of aromatic amines is 1. The number of fused-ring (bicyclic) bond motifs is 7. The molecule has 1 aliphatic carbocycles. The Morgan fingerprint density at radius 3 is 1.98 bits per heavy atom. The molecule has 1 aromatic heterocycles. The number of hydrogen-bond donors (Lipinski definition) is 1. The first-order valence-electron chi connectivity index (χ1n) is 22.1. The number of nitrogens with one attached hydrogen (secondary N) is 1. The number of hydrogen-bond acceptors (Lipinski definition) is 2. The first-order valence-corrected chi connectivity index (χ1v) is 23.0. The fraction of sp³-hybridized carbons (Fsp3) is 0.172. The van der Waals surface area contributed by atoms with Crippen LogP contribution in [0.2, 0.25) is 0 Å². The molecule has 11 rings (SSSR count). The number of aromatic nitrogens is 1. The lowest BCUT2D eigenvalue weighted by atomic mass is 9.62. The van der Waals surface area contributed by atoms with Gasteiger partial charge in [0.2, 0.25) is 0 Å². The number of anilines is 2. The van der Waals surface area contributed by atoms with Gasteiger partial charge in [0.25, 0.3) is 0 Å². The van der Waals surface area contributed by atoms with Crippen molar-refractivity contribution in [1.82, 2.24) is 4.98 Å². The number of thioether (sulfide) groups is 1. The van der Waals surface area contributed by atoms with E-state index >= 15 is 0 Å². The van der Waals surface area contributed by atoms with Gasteiger partial charge in [0.1, 0.15) is 7.85 Å². The van der Waals surface area contributed by atoms with Crippen LogP contribution in [0.15, 0.2) is 168 Å². The molecular weight excluding hydrogens is 768 g/mol. The predicted octanol–water partition coefficient (Wildman–Crippen LogP) is 15.0. The second-order valence-electron chi connectivity index (χ2n) is 19.0. The van der Waals surface area contributed by atoms with Crippen LogP contribution in [0.5, 0.6) is 0 Å². The van der Waals surface area contributed by atoms with Gasteiger partial charge >= 0.3 is 0 Å². The summed E-state index contributed by atoms with van der Waals surface area (Å²) in [5.41, 5.74) is 20.3. The molecule has 62 heavy (non-hydrogen) atoms. The lowest BCUT2D eigenvalue weighted by Crippen LogP contribution is -2.34. The Morgan fingerprint density at radius 2 is 1.23 bits per heavy atom. The third-order valence-corrected chi connectivity index (χ3v) is 15.1. The van der Waals surface area contributed by atoms with Crippen LogP contribution in [0.25, 0.3) is 71.7 Å². The minimum absolute atomic E-state index is 0.0720. The van der Waals surface area contributed by atoms with Crippen molar-refractivity contribution in [3.05, 3.63) is 185 Å². The summed E-state index contributed by atoms with van der Waals surface area (Å²) in [4.78, 5) is 9.13. The monoisotopic (exact) mass is 818 g/mol. The summed E-state index contributed by atoms with van der Waals surface area (Å²) in [6.07, 6.45) is 2.36. The van der Waals surface area contributed by atoms with Crippen LogP contribution in [0.1, 0.15) is 69.7 Å². The van der Waals surface area contributed by atoms with Gasteiger partial charge in [-0.05, 0) is 112 Å². The van der Waals surface area contributed by atoms with Crippen LogP contribution >= 0.6 is 11.8 Å². The molecule has 8 aromatic carbocycles. The summed E-state index contributed by atoms with van der Waals surface area (Å²) in [6.45, 7) is 14.5. The Kier molecular flexibility index (Phi) is 9.00. The molecule has 0 atom stereocenters. The molecule has 0 amide bonds. The average molecular weight is 819 g/mol. The molecule has 0 spiro atoms. The molecule has 2 heterocycles. The van der Waals surface area contributed by atoms with E-state index in [0.717, 1.165) is 5.52 Å². The third kappa shape index (κ3) is 6.17. The molecular formula is C58H51BN2S. The van der Waals surface area contributed by atoms with Gasteiger partial charge < -0.3 is 9.88 Å². The number of aryl methyl sites for hydroxylation is 1. The molecule has 0 radical (unpaired) electrons. The van der Waals surface area contributed by atoms with Gasteiger partial charge in [-0.3, -0.25) is 0 Å². The van der Waals surface area contributed by atoms with Crippen LogP contribution in [0.4, 0.5) is 11.4 Å². The number of rotatable bonds is 5. The highest BCUT2D eigenvalue weighted by molar-refractivity contribution is 8.03. The van der Waals surface area contributed by atoms with E-state index in [0.29, 0.717) is 0 Å². The topological polar surface area (TPSA) is 19.0 Å². The molecule has 0 unspecified atom stereocenters. The van der Waals surface area contributed by atoms with E-state index in [4.69, 9.17) is 0 Å². The van der Waals surface area contributed by atoms with E-state index in [1.54, 1.807) is 0 Å². The first-order chi connectivity index (χ1) is 30.0. The number of nitrogens with zero attached hydrogens (tertiary/aromatic N) is 1. The van der Waals surface area contributed by atoms with Crippen molar-refractivity contribution < 1.29 is 0 Å². The van der Waals surface area contributed by atoms with E-state index in [1.807, 2.05) is 11.8 Å². The van der Waals surface area contributed by atoms with Crippen LogP contribution in [0, 0.1) is 6.92 Å². The zero-order valence-electron chi connectivity index (χ0n) is 36.8. The van der Waals surface area contributed by atoms with Crippen LogP contribution in [-0.4, -0.2) is 12.8 Å². The quantitative estimate of drug-likeness (QED) is 0.175. The van der Waals surface area contributed by atoms with Gasteiger partial charge in [0, 0.05) is 48.3 Å². The molecule has 1 N–H and O–H groups in total. The van der Waals surface area contributed by atoms with Crippen LogP contribution in [0.3, 0.4) is 0 Å². The van der Waals surface area contributed by atoms with E-state index in [9.17, 15) is 0 Å². The van der Waals surface area contributed by atoms with E-state index in [2.05, 4.69) is 217 Å². The Hall–Kier alpha value is -6.23. The molecule has 1 aliphatic heterocycles. The number of benzene rings is 8. The fourth-order valence-electron chi connectivity index (χ4n) is 10.5. The normalized spacial score (nSPS) is 15.6. The van der Waals surface area contributed by atoms with Crippen molar-refractivity contribution >= 4 is 74.7 Å². The largest absolute Gasteiger partial charge is 0.354 e. The molecule has 0 saturated carbocycles. The highest BCUT2D eigenvalue weighted by Crippen LogP contribution is 2.57. The van der Waals surface area contributed by atoms with Crippen molar-refractivity contribution in [2.45, 2.75) is 70.1 Å². The number of H-pyrrole nitrogens is 1. The SMILES string of the molecule is Bc1ccc(N2C(c3cc4c(cc3C)C(C)(C)CCC4(C)C)=C(C)Sc3c(-c4cccc5c4[nH]c4ccc6ccccc6c45)cc(-c4ccccc4)cc32)c(-c2ccccc2)c1. The van der Waals surface area contributed by atoms with Crippen molar-refractivity contribution in [1.29, 1.82) is 0 Å². The zero-order valence-corrected chi connectivity index (χ0v) is 37.6. The average Bonchev–Trinajstić information content (AvgIpc) is 3.68. The van der Waals surface area contributed by atoms with Gasteiger partial charge in [-0.1, -0.05) is 172 Å². The van der Waals surface area contributed by atoms with Gasteiger partial charge in [0.15, 0.2) is 0 Å². The Labute approximate surface area is 371 Å². The van der Waals surface area contributed by atoms with Gasteiger partial charge in [-0.15, -0.1) is 0 Å². The molecule has 2 aliphatic rings. The Balaban J connectivity index is 1.24. The summed E-state index contributed by atoms with van der Waals surface area (Å²) in [6, 6.07) is 59.1. The molecule has 9 aromatic rings. The summed E-state index contributed by atoms with van der Waals surface area (Å²) in [5.74, 6) is 0. The van der Waals surface area contributed by atoms with E-state index < -0.39 is 0 Å². The van der Waals surface area contributed by atoms with Gasteiger partial charge in [0.05, 0.1) is 22.6 Å². The van der Waals surface area contributed by atoms with Crippen molar-refractivity contribution in [3.8, 4) is 33.4 Å². The predicted molar refractivity (Wildman–Crippen MR) is 271 cm³/mol. The highest BCUT2D eigenvalue weighted by Gasteiger charge is 2.39. The third-order valence-electron chi connectivity index (χ3n) is 14.0. The standard InChI is InChI=1S/C58H51BN2S/c1-35-30-48-49(58(5,6)29-28-57(48,3)4)34-45(35)55-36(2)62-56-47(43-22-15-23-44-53-42-21-14-13-20-39(42)24-26-50(53)60-54(43)44)31-40(37-16-9-7-10-17-37)32-52(56)61(55)51-27-25-41(59)33-46(51)38-18-11-8-12-19-38/h7-27,30-34,60H,28-29,59H2,1-6H3. The molecule has 302 valence electrons. The summed E-state index contributed by atoms with van der Waals surface area (Å²) in [7, 11) is 2.21. The maximum Gasteiger partial charge on any atom is 0.139 e. The molecule has 0 saturated heterocycles. The van der Waals surface area contributed by atoms with Crippen molar-refractivity contribution in [2.24, 2.45) is 0 Å². The summed E-state index contributed by atoms with van der Waals surface area (Å²) in [5, 5.41) is 5.06. The van der Waals surface area contributed by atoms with E-state index in [-0.39, 0.29) is 10.8 Å². The molecule has 0 fully saturated rings.